The van der Waals surface area contributed by atoms with E-state index in [0.717, 1.165) is 0 Å². The Morgan fingerprint density at radius 2 is 1.65 bits per heavy atom. The number of rotatable bonds is 8. The molecule has 0 bridgehead atoms. The summed E-state index contributed by atoms with van der Waals surface area (Å²) >= 11 is 0. The number of alkyl carbamates (subject to hydrolysis) is 1. The van der Waals surface area contributed by atoms with Gasteiger partial charge in [0.1, 0.15) is 11.1 Å². The first kappa shape index (κ1) is 21.5. The zero-order valence-corrected chi connectivity index (χ0v) is 15.8. The predicted molar refractivity (Wildman–Crippen MR) is 98.0 cm³/mol. The molecular weight excluding hydrogens is 336 g/mol. The molecule has 0 aromatic heterocycles. The van der Waals surface area contributed by atoms with E-state index in [1.54, 1.807) is 51.1 Å². The molecule has 1 unspecified atom stereocenters. The van der Waals surface area contributed by atoms with Crippen molar-refractivity contribution in [2.45, 2.75) is 58.1 Å². The van der Waals surface area contributed by atoms with Crippen molar-refractivity contribution in [2.24, 2.45) is 0 Å². The number of unbranched alkanes of at least 4 members (excludes halogenated alkanes) is 1. The quantitative estimate of drug-likeness (QED) is 0.615. The third-order valence-electron chi connectivity index (χ3n) is 3.67. The van der Waals surface area contributed by atoms with E-state index in [0.29, 0.717) is 24.9 Å². The lowest BCUT2D eigenvalue weighted by atomic mass is 9.94. The van der Waals surface area contributed by atoms with Gasteiger partial charge in [-0.15, -0.1) is 0 Å². The van der Waals surface area contributed by atoms with Crippen LogP contribution in [0.3, 0.4) is 0 Å². The van der Waals surface area contributed by atoms with Gasteiger partial charge in [0, 0.05) is 12.1 Å². The third-order valence-corrected chi connectivity index (χ3v) is 3.67. The van der Waals surface area contributed by atoms with Crippen molar-refractivity contribution in [3.8, 4) is 0 Å². The summed E-state index contributed by atoms with van der Waals surface area (Å²) in [5.74, 6) is -1.52. The molecule has 0 aliphatic carbocycles. The van der Waals surface area contributed by atoms with Crippen LogP contribution < -0.4 is 10.6 Å². The molecule has 0 heterocycles. The number of amides is 2. The Kier molecular flexibility index (Phi) is 7.61. The average Bonchev–Trinajstić information content (AvgIpc) is 2.53. The van der Waals surface area contributed by atoms with Crippen LogP contribution in [-0.2, 0) is 9.53 Å². The topological polar surface area (TPSA) is 105 Å². The highest BCUT2D eigenvalue weighted by molar-refractivity contribution is 5.97. The molecule has 1 atom stereocenters. The molecule has 1 aromatic rings. The lowest BCUT2D eigenvalue weighted by molar-refractivity contribution is -0.144. The molecule has 1 rings (SSSR count). The Balaban J connectivity index is 2.46. The molecule has 144 valence electrons. The van der Waals surface area contributed by atoms with E-state index < -0.39 is 29.1 Å². The van der Waals surface area contributed by atoms with E-state index in [4.69, 9.17) is 4.74 Å². The summed E-state index contributed by atoms with van der Waals surface area (Å²) in [5, 5.41) is 14.7. The number of nitrogens with one attached hydrogen (secondary N) is 2. The van der Waals surface area contributed by atoms with E-state index in [-0.39, 0.29) is 6.42 Å². The van der Waals surface area contributed by atoms with Crippen LogP contribution in [-0.4, -0.2) is 40.8 Å². The minimum atomic E-state index is -1.38. The van der Waals surface area contributed by atoms with Crippen LogP contribution >= 0.6 is 0 Å². The second kappa shape index (κ2) is 9.22. The predicted octanol–water partition coefficient (Wildman–Crippen LogP) is 2.95. The van der Waals surface area contributed by atoms with Gasteiger partial charge < -0.3 is 20.5 Å². The first-order valence-electron chi connectivity index (χ1n) is 8.61. The van der Waals surface area contributed by atoms with Crippen molar-refractivity contribution >= 4 is 18.0 Å². The lowest BCUT2D eigenvalue weighted by Crippen LogP contribution is -2.52. The number of carbonyl (C=O) groups is 3. The lowest BCUT2D eigenvalue weighted by Gasteiger charge is -2.26. The summed E-state index contributed by atoms with van der Waals surface area (Å²) in [6.45, 7) is 7.19. The summed E-state index contributed by atoms with van der Waals surface area (Å²) < 4.78 is 5.12. The van der Waals surface area contributed by atoms with Crippen LogP contribution in [0.5, 0.6) is 0 Å². The van der Waals surface area contributed by atoms with Gasteiger partial charge in [0.05, 0.1) is 0 Å². The highest BCUT2D eigenvalue weighted by Gasteiger charge is 2.34. The van der Waals surface area contributed by atoms with Gasteiger partial charge in [0.2, 0.25) is 0 Å². The van der Waals surface area contributed by atoms with E-state index in [1.165, 1.54) is 6.92 Å². The first-order valence-corrected chi connectivity index (χ1v) is 8.61. The van der Waals surface area contributed by atoms with Crippen LogP contribution in [0, 0.1) is 0 Å². The van der Waals surface area contributed by atoms with E-state index >= 15 is 0 Å². The molecule has 1 aromatic carbocycles. The fourth-order valence-electron chi connectivity index (χ4n) is 2.24. The number of carbonyl (C=O) groups excluding carboxylic acids is 2. The van der Waals surface area contributed by atoms with Crippen molar-refractivity contribution in [2.75, 3.05) is 6.54 Å². The van der Waals surface area contributed by atoms with Crippen LogP contribution in [0.1, 0.15) is 57.3 Å². The summed E-state index contributed by atoms with van der Waals surface area (Å²) in [7, 11) is 0. The molecule has 7 heteroatoms. The fraction of sp³-hybridized carbons (Fsp3) is 0.526. The number of benzene rings is 1. The minimum absolute atomic E-state index is 0.247. The molecule has 7 nitrogen and oxygen atoms in total. The highest BCUT2D eigenvalue weighted by atomic mass is 16.6. The summed E-state index contributed by atoms with van der Waals surface area (Å²) in [4.78, 5) is 35.4. The van der Waals surface area contributed by atoms with Gasteiger partial charge in [0.25, 0.3) is 5.91 Å². The van der Waals surface area contributed by atoms with Gasteiger partial charge in [-0.05, 0) is 59.1 Å². The first-order chi connectivity index (χ1) is 12.0. The molecule has 3 N–H and O–H groups in total. The van der Waals surface area contributed by atoms with Crippen molar-refractivity contribution in [1.82, 2.24) is 10.6 Å². The SMILES string of the molecule is CC(C)(C)OC(=O)NCCCCC(C)(NC(=O)c1ccccc1)C(=O)O. The van der Waals surface area contributed by atoms with E-state index in [9.17, 15) is 19.5 Å². The van der Waals surface area contributed by atoms with Crippen molar-refractivity contribution < 1.29 is 24.2 Å². The third kappa shape index (κ3) is 7.55. The van der Waals surface area contributed by atoms with Crippen molar-refractivity contribution in [3.63, 3.8) is 0 Å². The Labute approximate surface area is 154 Å². The molecule has 0 fully saturated rings. The summed E-state index contributed by atoms with van der Waals surface area (Å²) in [6, 6.07) is 8.47. The fourth-order valence-corrected chi connectivity index (χ4v) is 2.24. The maximum absolute atomic E-state index is 12.2. The van der Waals surface area contributed by atoms with E-state index in [2.05, 4.69) is 10.6 Å². The average molecular weight is 364 g/mol. The number of ether oxygens (including phenoxy) is 1. The Hall–Kier alpha value is -2.57. The molecule has 0 saturated carbocycles. The normalized spacial score (nSPS) is 13.4. The smallest absolute Gasteiger partial charge is 0.407 e. The van der Waals surface area contributed by atoms with Gasteiger partial charge >= 0.3 is 12.1 Å². The Bertz CT molecular complexity index is 625. The highest BCUT2D eigenvalue weighted by Crippen LogP contribution is 2.16. The molecule has 0 radical (unpaired) electrons. The van der Waals surface area contributed by atoms with Gasteiger partial charge in [0.15, 0.2) is 0 Å². The van der Waals surface area contributed by atoms with Crippen LogP contribution in [0.2, 0.25) is 0 Å². The number of aliphatic carboxylic acids is 1. The molecule has 0 spiro atoms. The largest absolute Gasteiger partial charge is 0.480 e. The maximum atomic E-state index is 12.2. The van der Waals surface area contributed by atoms with Crippen LogP contribution in [0.15, 0.2) is 30.3 Å². The molecule has 0 aliphatic heterocycles. The molecular formula is C19H28N2O5. The Morgan fingerprint density at radius 3 is 2.19 bits per heavy atom. The van der Waals surface area contributed by atoms with Crippen molar-refractivity contribution in [1.29, 1.82) is 0 Å². The zero-order valence-electron chi connectivity index (χ0n) is 15.8. The van der Waals surface area contributed by atoms with Crippen LogP contribution in [0.4, 0.5) is 4.79 Å². The second-order valence-electron chi connectivity index (χ2n) is 7.34. The molecule has 0 saturated heterocycles. The van der Waals surface area contributed by atoms with Gasteiger partial charge in [-0.2, -0.15) is 0 Å². The number of hydrogen-bond donors (Lipinski definition) is 3. The summed E-state index contributed by atoms with van der Waals surface area (Å²) in [5.41, 5.74) is -1.53. The van der Waals surface area contributed by atoms with Crippen LogP contribution in [0.25, 0.3) is 0 Å². The zero-order chi connectivity index (χ0) is 19.8. The monoisotopic (exact) mass is 364 g/mol. The Morgan fingerprint density at radius 1 is 1.04 bits per heavy atom. The molecule has 26 heavy (non-hydrogen) atoms. The van der Waals surface area contributed by atoms with Gasteiger partial charge in [-0.1, -0.05) is 18.2 Å². The van der Waals surface area contributed by atoms with Gasteiger partial charge in [-0.3, -0.25) is 4.79 Å². The number of carboxylic acids is 1. The number of carboxylic acid groups (broad SMARTS) is 1. The van der Waals surface area contributed by atoms with Gasteiger partial charge in [-0.25, -0.2) is 9.59 Å². The van der Waals surface area contributed by atoms with Crippen molar-refractivity contribution in [3.05, 3.63) is 35.9 Å². The minimum Gasteiger partial charge on any atom is -0.480 e. The standard InChI is InChI=1S/C19H28N2O5/c1-18(2,3)26-17(25)20-13-9-8-12-19(4,16(23)24)21-15(22)14-10-6-5-7-11-14/h5-7,10-11H,8-9,12-13H2,1-4H3,(H,20,25)(H,21,22)(H,23,24). The maximum Gasteiger partial charge on any atom is 0.407 e. The molecule has 2 amide bonds. The molecule has 0 aliphatic rings. The van der Waals surface area contributed by atoms with E-state index in [1.807, 2.05) is 0 Å². The summed E-state index contributed by atoms with van der Waals surface area (Å²) in [6.07, 6.45) is 0.837. The second-order valence-corrected chi connectivity index (χ2v) is 7.34. The number of hydrogen-bond acceptors (Lipinski definition) is 4.